The zero-order chi connectivity index (χ0) is 35.2. The molecule has 7 heteroatoms. The van der Waals surface area contributed by atoms with E-state index in [1.165, 1.54) is 38.5 Å². The van der Waals surface area contributed by atoms with Crippen LogP contribution < -0.4 is 15.8 Å². The van der Waals surface area contributed by atoms with Crippen LogP contribution in [0.5, 0.6) is 0 Å². The van der Waals surface area contributed by atoms with Crippen molar-refractivity contribution in [2.45, 2.75) is 63.3 Å². The Labute approximate surface area is 302 Å². The third-order valence-corrected chi connectivity index (χ3v) is 12.5. The second-order valence-corrected chi connectivity index (χ2v) is 15.6. The number of benzene rings is 4. The number of allylic oxidation sites excluding steroid dienone is 1. The number of hydrogen-bond acceptors (Lipinski definition) is 5. The standard InChI is InChI=1S/C36H33N3O2.C9H8N2/c37-39-38-33-34(40)29(12-13-36-18-21-14-22(19-36)16-23(15-21)20-36)28-11-10-27-26-9-5-4-8-25(26)17-30(24-6-2-1-3-7-24)31(27)32(28)35(33)41;1-2-5-9-8(4-1)10-6-3-7-11-9/h1-11,17,21-23,30,33H,12-16,18-20H2;1-7,10H. The van der Waals surface area contributed by atoms with E-state index >= 15 is 0 Å². The van der Waals surface area contributed by atoms with Crippen LogP contribution in [0.25, 0.3) is 22.1 Å². The number of azide groups is 1. The lowest BCUT2D eigenvalue weighted by Crippen LogP contribution is -2.46. The van der Waals surface area contributed by atoms with Crippen molar-refractivity contribution in [2.24, 2.45) is 33.3 Å². The zero-order valence-corrected chi connectivity index (χ0v) is 29.1. The molecular weight excluding hydrogens is 643 g/mol. The van der Waals surface area contributed by atoms with Crippen LogP contribution in [0.1, 0.15) is 78.8 Å². The second-order valence-electron chi connectivity index (χ2n) is 15.6. The molecule has 1 aliphatic heterocycles. The molecule has 258 valence electrons. The van der Waals surface area contributed by atoms with Gasteiger partial charge in [0.2, 0.25) is 0 Å². The van der Waals surface area contributed by atoms with E-state index in [0.717, 1.165) is 67.6 Å². The molecule has 0 aromatic heterocycles. The van der Waals surface area contributed by atoms with Crippen LogP contribution in [-0.4, -0.2) is 23.8 Å². The molecule has 0 amide bonds. The lowest BCUT2D eigenvalue weighted by molar-refractivity contribution is -0.114. The molecule has 4 fully saturated rings. The van der Waals surface area contributed by atoms with Crippen LogP contribution in [0.15, 0.2) is 113 Å². The Balaban J connectivity index is 0.000000279. The average molecular weight is 684 g/mol. The fraction of sp³-hybridized carbons (Fsp3) is 0.311. The first-order chi connectivity index (χ1) is 25.5. The van der Waals surface area contributed by atoms with Crippen molar-refractivity contribution in [3.63, 3.8) is 0 Å². The largest absolute Gasteiger partial charge is 0.360 e. The van der Waals surface area contributed by atoms with Gasteiger partial charge in [0.05, 0.1) is 11.4 Å². The summed E-state index contributed by atoms with van der Waals surface area (Å²) < 4.78 is 0. The van der Waals surface area contributed by atoms with E-state index in [9.17, 15) is 15.1 Å². The van der Waals surface area contributed by atoms with Crippen molar-refractivity contribution in [1.82, 2.24) is 0 Å². The van der Waals surface area contributed by atoms with Gasteiger partial charge in [-0.15, -0.1) is 0 Å². The van der Waals surface area contributed by atoms with E-state index in [1.807, 2.05) is 72.9 Å². The van der Waals surface area contributed by atoms with Gasteiger partial charge in [-0.3, -0.25) is 14.6 Å². The fourth-order valence-electron chi connectivity index (χ4n) is 10.7. The average Bonchev–Trinajstić information content (AvgIpc) is 3.42. The molecule has 4 bridgehead atoms. The molecule has 0 spiro atoms. The summed E-state index contributed by atoms with van der Waals surface area (Å²) in [5.74, 6) is 1.70. The van der Waals surface area contributed by atoms with E-state index in [0.29, 0.717) is 23.0 Å². The van der Waals surface area contributed by atoms with Gasteiger partial charge in [0, 0.05) is 34.4 Å². The predicted octanol–water partition coefficient (Wildman–Crippen LogP) is 8.82. The molecule has 4 saturated carbocycles. The van der Waals surface area contributed by atoms with E-state index in [2.05, 4.69) is 56.7 Å². The van der Waals surface area contributed by atoms with E-state index < -0.39 is 6.04 Å². The summed E-state index contributed by atoms with van der Waals surface area (Å²) in [7, 11) is 0. The molecule has 2 unspecified atom stereocenters. The molecule has 6 aliphatic carbocycles. The number of anilines is 1. The highest BCUT2D eigenvalue weighted by Crippen LogP contribution is 2.62. The number of para-hydroxylation sites is 2. The lowest BCUT2D eigenvalue weighted by Gasteiger charge is -2.57. The van der Waals surface area contributed by atoms with E-state index in [-0.39, 0.29) is 17.5 Å². The van der Waals surface area contributed by atoms with Crippen molar-refractivity contribution < 1.29 is 9.59 Å². The van der Waals surface area contributed by atoms with Crippen molar-refractivity contribution in [3.05, 3.63) is 151 Å². The Morgan fingerprint density at radius 2 is 1.48 bits per heavy atom. The third-order valence-electron chi connectivity index (χ3n) is 12.5. The first-order valence-corrected chi connectivity index (χ1v) is 18.7. The van der Waals surface area contributed by atoms with Crippen LogP contribution in [0.3, 0.4) is 0 Å². The molecule has 4 aromatic carbocycles. The Morgan fingerprint density at radius 1 is 0.788 bits per heavy atom. The number of carbonyl (C=O) groups is 2. The van der Waals surface area contributed by atoms with Crippen LogP contribution in [0, 0.1) is 33.6 Å². The molecule has 7 nitrogen and oxygen atoms in total. The molecule has 2 atom stereocenters. The van der Waals surface area contributed by atoms with Gasteiger partial charge in [-0.25, -0.2) is 0 Å². The Bertz CT molecular complexity index is 2410. The molecule has 0 radical (unpaired) electrons. The number of hydrogen-bond donors (Lipinski definition) is 1. The minimum absolute atomic E-state index is 0.149. The second kappa shape index (κ2) is 13.2. The molecule has 7 aliphatic rings. The van der Waals surface area contributed by atoms with Gasteiger partial charge in [0.1, 0.15) is 0 Å². The van der Waals surface area contributed by atoms with Crippen molar-refractivity contribution in [1.29, 1.82) is 0 Å². The highest BCUT2D eigenvalue weighted by Gasteiger charge is 2.51. The highest BCUT2D eigenvalue weighted by molar-refractivity contribution is 6.32. The third kappa shape index (κ3) is 5.70. The van der Waals surface area contributed by atoms with Crippen LogP contribution >= 0.6 is 0 Å². The van der Waals surface area contributed by atoms with Gasteiger partial charge >= 0.3 is 0 Å². The number of aliphatic imine (C=N–C) groups is 1. The van der Waals surface area contributed by atoms with Crippen LogP contribution in [-0.2, 0) is 4.79 Å². The highest BCUT2D eigenvalue weighted by atomic mass is 16.2. The zero-order valence-electron chi connectivity index (χ0n) is 29.1. The Morgan fingerprint density at radius 3 is 2.25 bits per heavy atom. The summed E-state index contributed by atoms with van der Waals surface area (Å²) in [6.45, 7) is 0. The number of Topliss-reactive ketones (excluding diaryl/α,β-unsaturated/α-hetero) is 2. The minimum Gasteiger partial charge on any atom is -0.360 e. The maximum absolute atomic E-state index is 14.1. The predicted molar refractivity (Wildman–Crippen MR) is 205 cm³/mol. The van der Waals surface area contributed by atoms with E-state index in [1.54, 1.807) is 6.21 Å². The van der Waals surface area contributed by atoms with Gasteiger partial charge in [0.25, 0.3) is 0 Å². The number of nitrogens with zero attached hydrogens (tertiary/aromatic N) is 4. The Kier molecular flexibility index (Phi) is 8.24. The summed E-state index contributed by atoms with van der Waals surface area (Å²) in [6.07, 6.45) is 17.3. The van der Waals surface area contributed by atoms with Crippen molar-refractivity contribution >= 4 is 40.8 Å². The van der Waals surface area contributed by atoms with Gasteiger partial charge in [-0.05, 0) is 130 Å². The number of rotatable bonds is 5. The topological polar surface area (TPSA) is 107 Å². The maximum Gasteiger partial charge on any atom is 0.180 e. The normalized spacial score (nSPS) is 27.0. The number of nitrogens with one attached hydrogen (secondary N) is 1. The quantitative estimate of drug-likeness (QED) is 0.0983. The van der Waals surface area contributed by atoms with Crippen LogP contribution in [0.4, 0.5) is 11.4 Å². The summed E-state index contributed by atoms with van der Waals surface area (Å²) in [6, 6.07) is 29.2. The summed E-state index contributed by atoms with van der Waals surface area (Å²) in [5.41, 5.74) is 15.0. The molecule has 1 N–H and O–H groups in total. The van der Waals surface area contributed by atoms with Crippen molar-refractivity contribution in [3.8, 4) is 0 Å². The van der Waals surface area contributed by atoms with Gasteiger partial charge in [-0.2, -0.15) is 0 Å². The first-order valence-electron chi connectivity index (χ1n) is 18.7. The molecular formula is C45H41N5O2. The number of carbonyl (C=O) groups excluding carboxylic acids is 2. The number of ketones is 2. The van der Waals surface area contributed by atoms with Crippen molar-refractivity contribution in [2.75, 3.05) is 5.32 Å². The minimum atomic E-state index is -1.33. The molecule has 52 heavy (non-hydrogen) atoms. The van der Waals surface area contributed by atoms with Gasteiger partial charge < -0.3 is 5.32 Å². The first kappa shape index (κ1) is 32.4. The number of fused-ring (bicyclic) bond motifs is 5. The molecule has 11 rings (SSSR count). The van der Waals surface area contributed by atoms with Gasteiger partial charge in [-0.1, -0.05) is 90.1 Å². The van der Waals surface area contributed by atoms with E-state index in [4.69, 9.17) is 0 Å². The molecule has 0 saturated heterocycles. The van der Waals surface area contributed by atoms with Crippen LogP contribution in [0.2, 0.25) is 0 Å². The summed E-state index contributed by atoms with van der Waals surface area (Å²) >= 11 is 0. The lowest BCUT2D eigenvalue weighted by atomic mass is 9.48. The molecule has 4 aromatic rings. The SMILES string of the molecule is C1=CNc2ccccc2N=C1.[N-]=[N+]=NC1C(=O)C(CCC23CC4CC(CC(C4)C2)C3)=c2ccc3c(c2C1=O)C(c1ccccc1)C=c1ccccc1=3. The van der Waals surface area contributed by atoms with Gasteiger partial charge in [0.15, 0.2) is 17.6 Å². The monoisotopic (exact) mass is 683 g/mol. The summed E-state index contributed by atoms with van der Waals surface area (Å²) in [5, 5.41) is 10.9. The maximum atomic E-state index is 14.1. The molecule has 1 heterocycles. The fourth-order valence-corrected chi connectivity index (χ4v) is 10.7. The smallest absolute Gasteiger partial charge is 0.180 e. The summed E-state index contributed by atoms with van der Waals surface area (Å²) in [4.78, 5) is 35.2. The Hall–Kier alpha value is -5.52.